The third-order valence-corrected chi connectivity index (χ3v) is 12.5. The van der Waals surface area contributed by atoms with Gasteiger partial charge in [-0.05, 0) is 72.1 Å². The van der Waals surface area contributed by atoms with E-state index in [1.807, 2.05) is 18.2 Å². The highest BCUT2D eigenvalue weighted by Gasteiger charge is 2.27. The molecule has 278 valence electrons. The van der Waals surface area contributed by atoms with Crippen LogP contribution in [0.2, 0.25) is 0 Å². The highest BCUT2D eigenvalue weighted by Crippen LogP contribution is 2.49. The van der Waals surface area contributed by atoms with Crippen LogP contribution in [0.25, 0.3) is 132 Å². The molecule has 0 bridgehead atoms. The van der Waals surface area contributed by atoms with E-state index in [1.54, 1.807) is 0 Å². The molecule has 0 N–H and O–H groups in total. The second-order valence-corrected chi connectivity index (χ2v) is 15.6. The van der Waals surface area contributed by atoms with Crippen LogP contribution in [-0.4, -0.2) is 19.1 Å². The molecule has 0 aliphatic rings. The summed E-state index contributed by atoms with van der Waals surface area (Å²) < 4.78 is 18.0. The van der Waals surface area contributed by atoms with Crippen molar-refractivity contribution in [3.63, 3.8) is 0 Å². The molecule has 9 aromatic carbocycles. The third kappa shape index (κ3) is 4.16. The average molecular weight is 767 g/mol. The first-order chi connectivity index (χ1) is 29.8. The lowest BCUT2D eigenvalue weighted by atomic mass is 9.95. The van der Waals surface area contributed by atoms with Gasteiger partial charge in [-0.1, -0.05) is 115 Å². The maximum Gasteiger partial charge on any atom is 0.235 e. The summed E-state index contributed by atoms with van der Waals surface area (Å²) in [6, 6.07) is 63.9. The predicted molar refractivity (Wildman–Crippen MR) is 246 cm³/mol. The van der Waals surface area contributed by atoms with Gasteiger partial charge in [0.25, 0.3) is 0 Å². The zero-order chi connectivity index (χ0) is 39.1. The molecule has 0 aliphatic carbocycles. The van der Waals surface area contributed by atoms with Gasteiger partial charge in [-0.2, -0.15) is 0 Å². The summed E-state index contributed by atoms with van der Waals surface area (Å²) in [5.41, 5.74) is 11.4. The normalized spacial score (nSPS) is 12.3. The molecule has 6 nitrogen and oxygen atoms in total. The number of para-hydroxylation sites is 6. The summed E-state index contributed by atoms with van der Waals surface area (Å²) in [5, 5.41) is 12.2. The van der Waals surface area contributed by atoms with Crippen molar-refractivity contribution in [3.05, 3.63) is 182 Å². The molecule has 0 atom stereocenters. The van der Waals surface area contributed by atoms with E-state index in [-0.39, 0.29) is 0 Å². The van der Waals surface area contributed by atoms with Crippen LogP contribution in [-0.2, 0) is 0 Å². The van der Waals surface area contributed by atoms with Crippen molar-refractivity contribution >= 4 is 109 Å². The molecule has 6 heteroatoms. The van der Waals surface area contributed by atoms with Gasteiger partial charge in [-0.3, -0.25) is 4.57 Å². The fraction of sp³-hybridized carbons (Fsp3) is 0. The van der Waals surface area contributed by atoms with Gasteiger partial charge in [0.2, 0.25) is 5.95 Å². The Morgan fingerprint density at radius 3 is 1.82 bits per heavy atom. The first-order valence-electron chi connectivity index (χ1n) is 20.2. The van der Waals surface area contributed by atoms with Crippen LogP contribution >= 0.6 is 0 Å². The summed E-state index contributed by atoms with van der Waals surface area (Å²) in [4.78, 5) is 10.9. The molecule has 0 saturated carbocycles. The smallest absolute Gasteiger partial charge is 0.235 e. The van der Waals surface area contributed by atoms with Crippen LogP contribution in [0.15, 0.2) is 191 Å². The van der Waals surface area contributed by atoms with E-state index in [2.05, 4.69) is 173 Å². The standard InChI is InChI=1S/C54H30N4O2/c1-2-14-32(15-3-1)57-41-22-10-6-19-36(41)48-43(57)28-27-38-47-35-18-5-11-23-42(35)58(52(47)53-50(49(38)48)37-20-8-13-25-45(37)60-53)54-55-40-21-9-4-17-34(40)51(56-54)31-26-29-46-39(30-31)33-16-7-12-24-44(33)59-46/h1-30H. The molecule has 5 aromatic heterocycles. The summed E-state index contributed by atoms with van der Waals surface area (Å²) >= 11 is 0. The van der Waals surface area contributed by atoms with Crippen LogP contribution in [0.1, 0.15) is 0 Å². The Hall–Kier alpha value is -8.22. The molecule has 0 spiro atoms. The fourth-order valence-corrected chi connectivity index (χ4v) is 10.0. The van der Waals surface area contributed by atoms with E-state index < -0.39 is 0 Å². The lowest BCUT2D eigenvalue weighted by Gasteiger charge is -2.13. The average Bonchev–Trinajstić information content (AvgIpc) is 4.06. The molecule has 60 heavy (non-hydrogen) atoms. The monoisotopic (exact) mass is 766 g/mol. The van der Waals surface area contributed by atoms with Crippen molar-refractivity contribution in [2.45, 2.75) is 0 Å². The van der Waals surface area contributed by atoms with E-state index in [0.717, 1.165) is 110 Å². The van der Waals surface area contributed by atoms with E-state index >= 15 is 0 Å². The first kappa shape index (κ1) is 31.8. The maximum atomic E-state index is 7.11. The van der Waals surface area contributed by atoms with Crippen LogP contribution in [0.4, 0.5) is 0 Å². The van der Waals surface area contributed by atoms with Gasteiger partial charge in [0, 0.05) is 65.1 Å². The van der Waals surface area contributed by atoms with Crippen LogP contribution in [0.5, 0.6) is 0 Å². The van der Waals surface area contributed by atoms with Gasteiger partial charge in [0.1, 0.15) is 22.3 Å². The molecule has 5 heterocycles. The zero-order valence-corrected chi connectivity index (χ0v) is 31.9. The van der Waals surface area contributed by atoms with E-state index in [9.17, 15) is 0 Å². The summed E-state index contributed by atoms with van der Waals surface area (Å²) in [6.45, 7) is 0. The number of nitrogens with zero attached hydrogens (tertiary/aromatic N) is 4. The van der Waals surface area contributed by atoms with Crippen LogP contribution in [0.3, 0.4) is 0 Å². The number of aromatic nitrogens is 4. The minimum atomic E-state index is 0.579. The third-order valence-electron chi connectivity index (χ3n) is 12.5. The Kier molecular flexibility index (Phi) is 6.20. The molecular weight excluding hydrogens is 737 g/mol. The number of rotatable bonds is 3. The summed E-state index contributed by atoms with van der Waals surface area (Å²) in [5.74, 6) is 0.579. The van der Waals surface area contributed by atoms with Gasteiger partial charge in [0.15, 0.2) is 5.58 Å². The van der Waals surface area contributed by atoms with Crippen molar-refractivity contribution in [2.75, 3.05) is 0 Å². The number of benzene rings is 9. The number of furan rings is 2. The van der Waals surface area contributed by atoms with E-state index in [1.165, 1.54) is 16.2 Å². The van der Waals surface area contributed by atoms with Gasteiger partial charge in [-0.15, -0.1) is 0 Å². The molecule has 14 rings (SSSR count). The number of hydrogen-bond donors (Lipinski definition) is 0. The lowest BCUT2D eigenvalue weighted by Crippen LogP contribution is -2.03. The van der Waals surface area contributed by atoms with Gasteiger partial charge < -0.3 is 13.4 Å². The Labute approximate surface area is 340 Å². The molecule has 0 aliphatic heterocycles. The lowest BCUT2D eigenvalue weighted by molar-refractivity contribution is 0.669. The second kappa shape index (κ2) is 11.7. The molecule has 0 saturated heterocycles. The Bertz CT molecular complexity index is 4130. The largest absolute Gasteiger partial charge is 0.456 e. The fourth-order valence-electron chi connectivity index (χ4n) is 10.0. The SMILES string of the molecule is c1ccc(-n2c3ccccc3c3c4c(ccc32)c2c3ccccc3n(-c3nc(-c5ccc6oc7ccccc7c6c5)c5ccccc5n3)c2c2oc3ccccc3c24)cc1. The first-order valence-corrected chi connectivity index (χ1v) is 20.2. The van der Waals surface area contributed by atoms with Crippen LogP contribution in [0, 0.1) is 0 Å². The van der Waals surface area contributed by atoms with Crippen molar-refractivity contribution < 1.29 is 8.83 Å². The molecular formula is C54H30N4O2. The minimum Gasteiger partial charge on any atom is -0.456 e. The highest BCUT2D eigenvalue weighted by molar-refractivity contribution is 6.41. The summed E-state index contributed by atoms with van der Waals surface area (Å²) in [6.07, 6.45) is 0. The van der Waals surface area contributed by atoms with Crippen molar-refractivity contribution in [1.29, 1.82) is 0 Å². The molecule has 14 aromatic rings. The molecule has 0 fully saturated rings. The minimum absolute atomic E-state index is 0.579. The molecule has 0 amide bonds. The van der Waals surface area contributed by atoms with Gasteiger partial charge >= 0.3 is 0 Å². The summed E-state index contributed by atoms with van der Waals surface area (Å²) in [7, 11) is 0. The Morgan fingerprint density at radius 2 is 1.00 bits per heavy atom. The van der Waals surface area contributed by atoms with Crippen molar-refractivity contribution in [2.24, 2.45) is 0 Å². The van der Waals surface area contributed by atoms with E-state index in [0.29, 0.717) is 5.95 Å². The Balaban J connectivity index is 1.16. The number of fused-ring (bicyclic) bond motifs is 18. The number of hydrogen-bond acceptors (Lipinski definition) is 4. The molecule has 0 radical (unpaired) electrons. The second-order valence-electron chi connectivity index (χ2n) is 15.6. The van der Waals surface area contributed by atoms with Gasteiger partial charge in [-0.25, -0.2) is 9.97 Å². The maximum absolute atomic E-state index is 7.11. The van der Waals surface area contributed by atoms with E-state index in [4.69, 9.17) is 18.8 Å². The van der Waals surface area contributed by atoms with Crippen molar-refractivity contribution in [1.82, 2.24) is 19.1 Å². The molecule has 0 unspecified atom stereocenters. The van der Waals surface area contributed by atoms with Crippen LogP contribution < -0.4 is 0 Å². The predicted octanol–water partition coefficient (Wildman–Crippen LogP) is 14.4. The zero-order valence-electron chi connectivity index (χ0n) is 31.9. The Morgan fingerprint density at radius 1 is 0.367 bits per heavy atom. The highest BCUT2D eigenvalue weighted by atomic mass is 16.3. The van der Waals surface area contributed by atoms with Crippen molar-refractivity contribution in [3.8, 4) is 22.9 Å². The quantitative estimate of drug-likeness (QED) is 0.180. The van der Waals surface area contributed by atoms with Gasteiger partial charge in [0.05, 0.1) is 27.8 Å². The topological polar surface area (TPSA) is 61.9 Å².